The summed E-state index contributed by atoms with van der Waals surface area (Å²) in [7, 11) is 1.62. The second-order valence-electron chi connectivity index (χ2n) is 3.85. The van der Waals surface area contributed by atoms with Gasteiger partial charge >= 0.3 is 0 Å². The standard InChI is InChI=1S/C13H17N3OS/c1-3-6-14-11(10-5-4-9-18-10)12-13(17-2)16-8-7-15-12/h4-5,7-9,11,14H,3,6H2,1-2H3. The number of ether oxygens (including phenoxy) is 1. The molecule has 0 aromatic carbocycles. The molecule has 0 amide bonds. The fourth-order valence-electron chi connectivity index (χ4n) is 1.77. The molecule has 2 rings (SSSR count). The summed E-state index contributed by atoms with van der Waals surface area (Å²) < 4.78 is 5.30. The van der Waals surface area contributed by atoms with Gasteiger partial charge in [-0.3, -0.25) is 4.98 Å². The highest BCUT2D eigenvalue weighted by atomic mass is 32.1. The molecule has 0 radical (unpaired) electrons. The molecule has 0 saturated carbocycles. The zero-order valence-electron chi connectivity index (χ0n) is 10.6. The first-order valence-corrected chi connectivity index (χ1v) is 6.86. The van der Waals surface area contributed by atoms with Crippen molar-refractivity contribution in [3.8, 4) is 5.88 Å². The van der Waals surface area contributed by atoms with E-state index in [1.807, 2.05) is 6.07 Å². The van der Waals surface area contributed by atoms with Crippen molar-refractivity contribution in [2.45, 2.75) is 19.4 Å². The van der Waals surface area contributed by atoms with E-state index in [0.29, 0.717) is 5.88 Å². The van der Waals surface area contributed by atoms with Crippen molar-refractivity contribution >= 4 is 11.3 Å². The Hall–Kier alpha value is -1.46. The van der Waals surface area contributed by atoms with E-state index in [1.54, 1.807) is 30.8 Å². The molecule has 2 aromatic rings. The van der Waals surface area contributed by atoms with E-state index in [-0.39, 0.29) is 6.04 Å². The number of rotatable bonds is 6. The van der Waals surface area contributed by atoms with E-state index in [2.05, 4.69) is 33.7 Å². The van der Waals surface area contributed by atoms with Gasteiger partial charge in [0.1, 0.15) is 5.69 Å². The van der Waals surface area contributed by atoms with Gasteiger partial charge < -0.3 is 10.1 Å². The molecular formula is C13H17N3OS. The van der Waals surface area contributed by atoms with E-state index >= 15 is 0 Å². The summed E-state index contributed by atoms with van der Waals surface area (Å²) in [5.74, 6) is 0.583. The maximum atomic E-state index is 5.30. The molecule has 96 valence electrons. The summed E-state index contributed by atoms with van der Waals surface area (Å²) in [6.45, 7) is 3.08. The highest BCUT2D eigenvalue weighted by Crippen LogP contribution is 2.29. The van der Waals surface area contributed by atoms with Crippen LogP contribution in [0.4, 0.5) is 0 Å². The van der Waals surface area contributed by atoms with Gasteiger partial charge in [0.15, 0.2) is 0 Å². The first-order chi connectivity index (χ1) is 8.86. The molecule has 1 unspecified atom stereocenters. The molecule has 2 aromatic heterocycles. The van der Waals surface area contributed by atoms with Gasteiger partial charge in [-0.1, -0.05) is 13.0 Å². The van der Waals surface area contributed by atoms with Crippen molar-refractivity contribution in [1.29, 1.82) is 0 Å². The Balaban J connectivity index is 2.33. The molecular weight excluding hydrogens is 246 g/mol. The van der Waals surface area contributed by atoms with Gasteiger partial charge in [-0.15, -0.1) is 11.3 Å². The minimum atomic E-state index is 0.0496. The number of aromatic nitrogens is 2. The van der Waals surface area contributed by atoms with Crippen LogP contribution in [0.25, 0.3) is 0 Å². The van der Waals surface area contributed by atoms with E-state index in [1.165, 1.54) is 4.88 Å². The Morgan fingerprint density at radius 3 is 2.89 bits per heavy atom. The zero-order chi connectivity index (χ0) is 12.8. The number of thiophene rings is 1. The lowest BCUT2D eigenvalue weighted by Gasteiger charge is -2.18. The second kappa shape index (κ2) is 6.47. The summed E-state index contributed by atoms with van der Waals surface area (Å²) in [4.78, 5) is 9.86. The van der Waals surface area contributed by atoms with Crippen LogP contribution in [0, 0.1) is 0 Å². The number of nitrogens with one attached hydrogen (secondary N) is 1. The van der Waals surface area contributed by atoms with Gasteiger partial charge in [-0.25, -0.2) is 4.98 Å². The average Bonchev–Trinajstić information content (AvgIpc) is 2.94. The van der Waals surface area contributed by atoms with Crippen molar-refractivity contribution in [3.05, 3.63) is 40.5 Å². The summed E-state index contributed by atoms with van der Waals surface area (Å²) in [5.41, 5.74) is 0.843. The molecule has 2 heterocycles. The molecule has 0 bridgehead atoms. The SMILES string of the molecule is CCCNC(c1cccs1)c1nccnc1OC. The molecule has 4 nitrogen and oxygen atoms in total. The predicted molar refractivity (Wildman–Crippen MR) is 73.0 cm³/mol. The van der Waals surface area contributed by atoms with Gasteiger partial charge in [0.2, 0.25) is 5.88 Å². The maximum absolute atomic E-state index is 5.30. The topological polar surface area (TPSA) is 47.0 Å². The Kier molecular flexibility index (Phi) is 4.66. The zero-order valence-corrected chi connectivity index (χ0v) is 11.4. The van der Waals surface area contributed by atoms with Crippen molar-refractivity contribution in [3.63, 3.8) is 0 Å². The van der Waals surface area contributed by atoms with Crippen molar-refractivity contribution in [1.82, 2.24) is 15.3 Å². The van der Waals surface area contributed by atoms with E-state index in [0.717, 1.165) is 18.7 Å². The Morgan fingerprint density at radius 2 is 2.22 bits per heavy atom. The molecule has 0 aliphatic rings. The van der Waals surface area contributed by atoms with Crippen LogP contribution in [-0.4, -0.2) is 23.6 Å². The Morgan fingerprint density at radius 1 is 1.39 bits per heavy atom. The number of hydrogen-bond donors (Lipinski definition) is 1. The third kappa shape index (κ3) is 2.86. The molecule has 0 saturated heterocycles. The van der Waals surface area contributed by atoms with E-state index in [4.69, 9.17) is 4.74 Å². The van der Waals surface area contributed by atoms with Crippen LogP contribution in [0.2, 0.25) is 0 Å². The van der Waals surface area contributed by atoms with Crippen LogP contribution in [-0.2, 0) is 0 Å². The highest BCUT2D eigenvalue weighted by Gasteiger charge is 2.20. The summed E-state index contributed by atoms with van der Waals surface area (Å²) in [6.07, 6.45) is 4.42. The van der Waals surface area contributed by atoms with Crippen LogP contribution in [0.5, 0.6) is 5.88 Å². The van der Waals surface area contributed by atoms with Crippen LogP contribution < -0.4 is 10.1 Å². The molecule has 5 heteroatoms. The highest BCUT2D eigenvalue weighted by molar-refractivity contribution is 7.10. The molecule has 1 atom stereocenters. The number of hydrogen-bond acceptors (Lipinski definition) is 5. The van der Waals surface area contributed by atoms with Gasteiger partial charge in [-0.05, 0) is 24.4 Å². The average molecular weight is 263 g/mol. The first-order valence-electron chi connectivity index (χ1n) is 5.98. The molecule has 1 N–H and O–H groups in total. The first kappa shape index (κ1) is 13.0. The third-order valence-corrected chi connectivity index (χ3v) is 3.52. The molecule has 18 heavy (non-hydrogen) atoms. The van der Waals surface area contributed by atoms with Gasteiger partial charge in [0.25, 0.3) is 0 Å². The largest absolute Gasteiger partial charge is 0.480 e. The molecule has 0 fully saturated rings. The van der Waals surface area contributed by atoms with Crippen molar-refractivity contribution in [2.24, 2.45) is 0 Å². The lowest BCUT2D eigenvalue weighted by Crippen LogP contribution is -2.24. The maximum Gasteiger partial charge on any atom is 0.237 e. The molecule has 0 aliphatic heterocycles. The minimum Gasteiger partial charge on any atom is -0.480 e. The monoisotopic (exact) mass is 263 g/mol. The van der Waals surface area contributed by atoms with Gasteiger partial charge in [0.05, 0.1) is 13.2 Å². The summed E-state index contributed by atoms with van der Waals surface area (Å²) >= 11 is 1.71. The van der Waals surface area contributed by atoms with Crippen LogP contribution in [0.15, 0.2) is 29.9 Å². The van der Waals surface area contributed by atoms with Crippen LogP contribution in [0.3, 0.4) is 0 Å². The minimum absolute atomic E-state index is 0.0496. The van der Waals surface area contributed by atoms with Crippen molar-refractivity contribution in [2.75, 3.05) is 13.7 Å². The third-order valence-electron chi connectivity index (χ3n) is 2.58. The van der Waals surface area contributed by atoms with Gasteiger partial charge in [0, 0.05) is 17.3 Å². The Bertz CT molecular complexity index is 473. The van der Waals surface area contributed by atoms with Gasteiger partial charge in [-0.2, -0.15) is 0 Å². The normalized spacial score (nSPS) is 12.3. The van der Waals surface area contributed by atoms with E-state index in [9.17, 15) is 0 Å². The Labute approximate surface area is 111 Å². The van der Waals surface area contributed by atoms with E-state index < -0.39 is 0 Å². The number of nitrogens with zero attached hydrogens (tertiary/aromatic N) is 2. The quantitative estimate of drug-likeness (QED) is 0.870. The summed E-state index contributed by atoms with van der Waals surface area (Å²) in [6, 6.07) is 4.20. The smallest absolute Gasteiger partial charge is 0.237 e. The fourth-order valence-corrected chi connectivity index (χ4v) is 2.57. The predicted octanol–water partition coefficient (Wildman–Crippen LogP) is 2.64. The van der Waals surface area contributed by atoms with Crippen LogP contribution >= 0.6 is 11.3 Å². The van der Waals surface area contributed by atoms with Crippen molar-refractivity contribution < 1.29 is 4.74 Å². The fraction of sp³-hybridized carbons (Fsp3) is 0.385. The second-order valence-corrected chi connectivity index (χ2v) is 4.83. The summed E-state index contributed by atoms with van der Waals surface area (Å²) in [5, 5.41) is 5.56. The van der Waals surface area contributed by atoms with Crippen LogP contribution in [0.1, 0.15) is 30.0 Å². The molecule has 0 aliphatic carbocycles. The lowest BCUT2D eigenvalue weighted by molar-refractivity contribution is 0.383. The number of methoxy groups -OCH3 is 1. The lowest BCUT2D eigenvalue weighted by atomic mass is 10.1. The molecule has 0 spiro atoms.